The van der Waals surface area contributed by atoms with E-state index in [4.69, 9.17) is 11.6 Å². The summed E-state index contributed by atoms with van der Waals surface area (Å²) in [7, 11) is 0. The maximum absolute atomic E-state index is 5.77. The molecule has 0 saturated carbocycles. The third kappa shape index (κ3) is 1.95. The van der Waals surface area contributed by atoms with Gasteiger partial charge in [-0.15, -0.1) is 0 Å². The van der Waals surface area contributed by atoms with E-state index in [0.29, 0.717) is 0 Å². The van der Waals surface area contributed by atoms with Gasteiger partial charge in [-0.05, 0) is 23.3 Å². The maximum Gasteiger partial charge on any atom is 0.0412 e. The van der Waals surface area contributed by atoms with Gasteiger partial charge in [0.15, 0.2) is 0 Å². The van der Waals surface area contributed by atoms with Crippen LogP contribution in [0.2, 0.25) is 5.02 Å². The lowest BCUT2D eigenvalue weighted by Gasteiger charge is -1.98. The van der Waals surface area contributed by atoms with E-state index in [0.717, 1.165) is 16.2 Å². The normalized spacial score (nSPS) is 9.18. The number of allylic oxidation sites excluding steroid dienone is 2. The summed E-state index contributed by atoms with van der Waals surface area (Å²) in [6, 6.07) is 7.55. The SMILES string of the molecule is C=CC(=C)c1cccc(Cl)c1. The van der Waals surface area contributed by atoms with E-state index < -0.39 is 0 Å². The molecule has 0 fully saturated rings. The van der Waals surface area contributed by atoms with Crippen LogP contribution in [-0.2, 0) is 0 Å². The Morgan fingerprint density at radius 2 is 2.18 bits per heavy atom. The van der Waals surface area contributed by atoms with Crippen LogP contribution >= 0.6 is 11.6 Å². The van der Waals surface area contributed by atoms with Crippen LogP contribution in [0.1, 0.15) is 5.56 Å². The van der Waals surface area contributed by atoms with E-state index >= 15 is 0 Å². The third-order valence-corrected chi connectivity index (χ3v) is 1.68. The van der Waals surface area contributed by atoms with Gasteiger partial charge in [-0.1, -0.05) is 43.0 Å². The first-order valence-corrected chi connectivity index (χ1v) is 3.69. The molecule has 0 aliphatic heterocycles. The second kappa shape index (κ2) is 3.40. The van der Waals surface area contributed by atoms with Gasteiger partial charge in [0, 0.05) is 5.02 Å². The predicted molar refractivity (Wildman–Crippen MR) is 50.7 cm³/mol. The van der Waals surface area contributed by atoms with Gasteiger partial charge >= 0.3 is 0 Å². The van der Waals surface area contributed by atoms with Crippen LogP contribution in [0.15, 0.2) is 43.5 Å². The largest absolute Gasteiger partial charge is 0.0985 e. The molecule has 0 heterocycles. The molecule has 0 N–H and O–H groups in total. The van der Waals surface area contributed by atoms with Gasteiger partial charge < -0.3 is 0 Å². The van der Waals surface area contributed by atoms with Crippen molar-refractivity contribution < 1.29 is 0 Å². The Labute approximate surface area is 71.8 Å². The third-order valence-electron chi connectivity index (χ3n) is 1.44. The Kier molecular flexibility index (Phi) is 2.50. The molecule has 0 aliphatic rings. The highest BCUT2D eigenvalue weighted by atomic mass is 35.5. The summed E-state index contributed by atoms with van der Waals surface area (Å²) in [5.41, 5.74) is 1.92. The molecule has 0 amide bonds. The second-order valence-electron chi connectivity index (χ2n) is 2.24. The molecule has 0 aliphatic carbocycles. The van der Waals surface area contributed by atoms with Gasteiger partial charge in [0.1, 0.15) is 0 Å². The molecule has 0 aromatic heterocycles. The zero-order valence-corrected chi connectivity index (χ0v) is 6.93. The van der Waals surface area contributed by atoms with Gasteiger partial charge in [0.25, 0.3) is 0 Å². The van der Waals surface area contributed by atoms with Crippen LogP contribution < -0.4 is 0 Å². The van der Waals surface area contributed by atoms with Crippen LogP contribution in [0.4, 0.5) is 0 Å². The lowest BCUT2D eigenvalue weighted by molar-refractivity contribution is 1.63. The molecule has 1 heteroatoms. The minimum atomic E-state index is 0.727. The number of hydrogen-bond donors (Lipinski definition) is 0. The molecule has 1 rings (SSSR count). The van der Waals surface area contributed by atoms with Gasteiger partial charge in [0.05, 0.1) is 0 Å². The topological polar surface area (TPSA) is 0 Å². The maximum atomic E-state index is 5.77. The molecule has 11 heavy (non-hydrogen) atoms. The molecular weight excluding hydrogens is 156 g/mol. The van der Waals surface area contributed by atoms with Gasteiger partial charge in [-0.3, -0.25) is 0 Å². The van der Waals surface area contributed by atoms with Gasteiger partial charge in [-0.25, -0.2) is 0 Å². The van der Waals surface area contributed by atoms with Crippen molar-refractivity contribution in [2.75, 3.05) is 0 Å². The summed E-state index contributed by atoms with van der Waals surface area (Å²) in [6.45, 7) is 7.43. The monoisotopic (exact) mass is 164 g/mol. The fourth-order valence-corrected chi connectivity index (χ4v) is 0.996. The number of rotatable bonds is 2. The van der Waals surface area contributed by atoms with E-state index in [-0.39, 0.29) is 0 Å². The predicted octanol–water partition coefficient (Wildman–Crippen LogP) is 3.54. The van der Waals surface area contributed by atoms with E-state index in [1.807, 2.05) is 24.3 Å². The minimum absolute atomic E-state index is 0.727. The molecule has 0 spiro atoms. The van der Waals surface area contributed by atoms with Crippen molar-refractivity contribution in [1.29, 1.82) is 0 Å². The van der Waals surface area contributed by atoms with E-state index in [1.54, 1.807) is 6.08 Å². The smallest absolute Gasteiger partial charge is 0.0412 e. The lowest BCUT2D eigenvalue weighted by atomic mass is 10.1. The average molecular weight is 165 g/mol. The first kappa shape index (κ1) is 8.09. The highest BCUT2D eigenvalue weighted by Crippen LogP contribution is 2.17. The zero-order valence-electron chi connectivity index (χ0n) is 6.18. The van der Waals surface area contributed by atoms with Crippen molar-refractivity contribution >= 4 is 17.2 Å². The molecule has 0 bridgehead atoms. The standard InChI is InChI=1S/C10H9Cl/c1-3-8(2)9-5-4-6-10(11)7-9/h3-7H,1-2H2. The van der Waals surface area contributed by atoms with Crippen molar-refractivity contribution in [2.45, 2.75) is 0 Å². The summed E-state index contributed by atoms with van der Waals surface area (Å²) in [5.74, 6) is 0. The lowest BCUT2D eigenvalue weighted by Crippen LogP contribution is -1.76. The van der Waals surface area contributed by atoms with Crippen molar-refractivity contribution in [1.82, 2.24) is 0 Å². The molecular formula is C10H9Cl. The Morgan fingerprint density at radius 3 is 2.73 bits per heavy atom. The van der Waals surface area contributed by atoms with Crippen molar-refractivity contribution in [2.24, 2.45) is 0 Å². The summed E-state index contributed by atoms with van der Waals surface area (Å²) >= 11 is 5.77. The fraction of sp³-hybridized carbons (Fsp3) is 0. The van der Waals surface area contributed by atoms with E-state index in [2.05, 4.69) is 13.2 Å². The molecule has 0 saturated heterocycles. The van der Waals surface area contributed by atoms with Crippen LogP contribution in [0, 0.1) is 0 Å². The van der Waals surface area contributed by atoms with Crippen LogP contribution in [-0.4, -0.2) is 0 Å². The van der Waals surface area contributed by atoms with Crippen LogP contribution in [0.25, 0.3) is 5.57 Å². The molecule has 0 unspecified atom stereocenters. The first-order chi connectivity index (χ1) is 5.24. The van der Waals surface area contributed by atoms with Crippen molar-refractivity contribution in [3.8, 4) is 0 Å². The Balaban J connectivity index is 3.05. The average Bonchev–Trinajstić information content (AvgIpc) is 2.03. The summed E-state index contributed by atoms with van der Waals surface area (Å²) in [4.78, 5) is 0. The Bertz CT molecular complexity index is 287. The van der Waals surface area contributed by atoms with Crippen molar-refractivity contribution in [3.05, 3.63) is 54.1 Å². The summed E-state index contributed by atoms with van der Waals surface area (Å²) in [6.07, 6.45) is 1.71. The molecule has 56 valence electrons. The van der Waals surface area contributed by atoms with Crippen molar-refractivity contribution in [3.63, 3.8) is 0 Å². The quantitative estimate of drug-likeness (QED) is 0.587. The summed E-state index contributed by atoms with van der Waals surface area (Å²) < 4.78 is 0. The van der Waals surface area contributed by atoms with E-state index in [1.165, 1.54) is 0 Å². The van der Waals surface area contributed by atoms with Crippen LogP contribution in [0.5, 0.6) is 0 Å². The Hall–Kier alpha value is -1.01. The van der Waals surface area contributed by atoms with Crippen LogP contribution in [0.3, 0.4) is 0 Å². The number of halogens is 1. The molecule has 0 radical (unpaired) electrons. The minimum Gasteiger partial charge on any atom is -0.0985 e. The first-order valence-electron chi connectivity index (χ1n) is 3.31. The highest BCUT2D eigenvalue weighted by molar-refractivity contribution is 6.30. The molecule has 0 atom stereocenters. The zero-order chi connectivity index (χ0) is 8.27. The number of benzene rings is 1. The number of hydrogen-bond acceptors (Lipinski definition) is 0. The second-order valence-corrected chi connectivity index (χ2v) is 2.68. The Morgan fingerprint density at radius 1 is 1.45 bits per heavy atom. The van der Waals surface area contributed by atoms with E-state index in [9.17, 15) is 0 Å². The fourth-order valence-electron chi connectivity index (χ4n) is 0.806. The molecule has 1 aromatic rings. The molecule has 1 aromatic carbocycles. The molecule has 0 nitrogen and oxygen atoms in total. The highest BCUT2D eigenvalue weighted by Gasteiger charge is 1.93. The van der Waals surface area contributed by atoms with Gasteiger partial charge in [0.2, 0.25) is 0 Å². The summed E-state index contributed by atoms with van der Waals surface area (Å²) in [5, 5.41) is 0.727. The van der Waals surface area contributed by atoms with Gasteiger partial charge in [-0.2, -0.15) is 0 Å².